The minimum atomic E-state index is -0.439. The van der Waals surface area contributed by atoms with E-state index in [1.807, 2.05) is 25.8 Å². The Morgan fingerprint density at radius 3 is 2.47 bits per heavy atom. The lowest BCUT2D eigenvalue weighted by atomic mass is 9.75. The minimum absolute atomic E-state index is 0.0581. The molecule has 43 heavy (non-hydrogen) atoms. The number of alkyl halides is 1. The van der Waals surface area contributed by atoms with Crippen LogP contribution in [0.3, 0.4) is 0 Å². The largest absolute Gasteiger partial charge is 0.508 e. The molecule has 10 heteroatoms. The molecule has 242 valence electrons. The van der Waals surface area contributed by atoms with Crippen LogP contribution in [0.1, 0.15) is 108 Å². The maximum atomic E-state index is 12.5. The number of carbonyl (C=O) groups excluding carboxylic acids is 2. The van der Waals surface area contributed by atoms with E-state index in [9.17, 15) is 24.2 Å². The van der Waals surface area contributed by atoms with Crippen LogP contribution in [-0.2, 0) is 27.3 Å². The van der Waals surface area contributed by atoms with E-state index in [1.54, 1.807) is 6.08 Å². The molecule has 2 heterocycles. The molecule has 1 atom stereocenters. The fourth-order valence-electron chi connectivity index (χ4n) is 5.20. The Bertz CT molecular complexity index is 1180. The van der Waals surface area contributed by atoms with Crippen molar-refractivity contribution in [2.45, 2.75) is 92.7 Å². The molecule has 3 aliphatic rings. The molecule has 1 aromatic rings. The Hall–Kier alpha value is -3.24. The summed E-state index contributed by atoms with van der Waals surface area (Å²) in [6, 6.07) is -0.120. The van der Waals surface area contributed by atoms with Gasteiger partial charge < -0.3 is 30.9 Å². The minimum Gasteiger partial charge on any atom is -0.508 e. The Balaban J connectivity index is 0.000000917. The number of aliphatic hydroxyl groups is 2. The van der Waals surface area contributed by atoms with Gasteiger partial charge in [0.15, 0.2) is 0 Å². The monoisotopic (exact) mass is 604 g/mol. The average molecular weight is 605 g/mol. The molecule has 2 aliphatic carbocycles. The van der Waals surface area contributed by atoms with Crippen LogP contribution in [0.25, 0.3) is 11.3 Å². The summed E-state index contributed by atoms with van der Waals surface area (Å²) in [5.41, 5.74) is 14.4. The molecule has 0 fully saturated rings. The van der Waals surface area contributed by atoms with Crippen molar-refractivity contribution in [1.82, 2.24) is 15.2 Å². The summed E-state index contributed by atoms with van der Waals surface area (Å²) < 4.78 is 14.2. The summed E-state index contributed by atoms with van der Waals surface area (Å²) in [5, 5.41) is 23.4. The predicted molar refractivity (Wildman–Crippen MR) is 171 cm³/mol. The normalized spacial score (nSPS) is 17.7. The van der Waals surface area contributed by atoms with Gasteiger partial charge in [0.05, 0.1) is 31.2 Å². The number of nitrogens with one attached hydrogen (secondary N) is 1. The van der Waals surface area contributed by atoms with Gasteiger partial charge in [-0.1, -0.05) is 46.6 Å². The van der Waals surface area contributed by atoms with Crippen LogP contribution in [0.4, 0.5) is 4.39 Å². The molecule has 1 unspecified atom stereocenters. The number of rotatable bonds is 9. The van der Waals surface area contributed by atoms with Gasteiger partial charge in [-0.25, -0.2) is 0 Å². The van der Waals surface area contributed by atoms with E-state index in [0.717, 1.165) is 54.1 Å². The summed E-state index contributed by atoms with van der Waals surface area (Å²) >= 11 is 0. The highest BCUT2D eigenvalue weighted by molar-refractivity contribution is 5.83. The van der Waals surface area contributed by atoms with E-state index in [1.165, 1.54) is 23.1 Å². The number of aliphatic hydroxyl groups excluding tert-OH is 2. The summed E-state index contributed by atoms with van der Waals surface area (Å²) in [4.78, 5) is 30.0. The van der Waals surface area contributed by atoms with Gasteiger partial charge in [-0.2, -0.15) is 0 Å². The van der Waals surface area contributed by atoms with Crippen LogP contribution >= 0.6 is 0 Å². The number of allylic oxidation sites excluding steroid dienone is 3. The average Bonchev–Trinajstić information content (AvgIpc) is 3.32. The molecular formula is C33H53FN4O5. The maximum absolute atomic E-state index is 12.5. The zero-order chi connectivity index (χ0) is 32.7. The second-order valence-electron chi connectivity index (χ2n) is 10.9. The van der Waals surface area contributed by atoms with Crippen molar-refractivity contribution in [3.8, 4) is 0 Å². The zero-order valence-electron chi connectivity index (χ0n) is 27.3. The first kappa shape index (κ1) is 37.8. The van der Waals surface area contributed by atoms with Crippen molar-refractivity contribution >= 4 is 23.6 Å². The number of fused-ring (bicyclic) bond motifs is 2. The molecular weight excluding hydrogens is 551 g/mol. The summed E-state index contributed by atoms with van der Waals surface area (Å²) in [6.45, 7) is 13.4. The van der Waals surface area contributed by atoms with E-state index in [4.69, 9.17) is 15.5 Å². The number of pyridine rings is 1. The highest BCUT2D eigenvalue weighted by Crippen LogP contribution is 2.48. The van der Waals surface area contributed by atoms with Crippen LogP contribution in [0.5, 0.6) is 0 Å². The van der Waals surface area contributed by atoms with Crippen LogP contribution < -0.4 is 11.1 Å². The fraction of sp³-hybridized carbons (Fsp3) is 0.606. The van der Waals surface area contributed by atoms with Crippen molar-refractivity contribution in [2.75, 3.05) is 34.0 Å². The molecule has 0 saturated carbocycles. The number of amides is 1. The first-order valence-corrected chi connectivity index (χ1v) is 15.3. The summed E-state index contributed by atoms with van der Waals surface area (Å²) in [6.07, 6.45) is 6.64. The van der Waals surface area contributed by atoms with E-state index in [-0.39, 0.29) is 42.8 Å². The first-order valence-electron chi connectivity index (χ1n) is 15.3. The Labute approximate surface area is 257 Å². The first-order chi connectivity index (χ1) is 20.7. The van der Waals surface area contributed by atoms with Gasteiger partial charge >= 0.3 is 0 Å². The fourth-order valence-corrected chi connectivity index (χ4v) is 5.20. The lowest BCUT2D eigenvalue weighted by Gasteiger charge is -2.34. The van der Waals surface area contributed by atoms with Crippen molar-refractivity contribution in [3.05, 3.63) is 51.1 Å². The molecule has 0 aromatic carbocycles. The lowest BCUT2D eigenvalue weighted by molar-refractivity contribution is -0.128. The molecule has 5 N–H and O–H groups in total. The van der Waals surface area contributed by atoms with Gasteiger partial charge in [0.1, 0.15) is 12.4 Å². The standard InChI is InChI=1S/C25H32N4O5.C5H12.C2H6.CH3F/c1-14-3-5-19-23-16(14)4-6-18(27-22(33)7-8-26)24(23)17-10-29(2)20(25(17)28-19)9-21(32)15(11-30)12-34-13-31;1-4-5(2)3;2*1-2/h9,13,18,30,32H,3-8,10-12,26H2,1-2H3,(H,27,33);5H,4H2,1-3H3;1-2H3;1H3/b20-9-,21-15?;;;. The van der Waals surface area contributed by atoms with E-state index in [0.29, 0.717) is 26.0 Å². The van der Waals surface area contributed by atoms with Crippen LogP contribution in [0, 0.1) is 5.92 Å². The molecule has 9 nitrogen and oxygen atoms in total. The second kappa shape index (κ2) is 19.1. The van der Waals surface area contributed by atoms with Gasteiger partial charge in [0, 0.05) is 55.0 Å². The van der Waals surface area contributed by atoms with Gasteiger partial charge in [-0.3, -0.25) is 19.0 Å². The van der Waals surface area contributed by atoms with Crippen molar-refractivity contribution in [2.24, 2.45) is 11.7 Å². The molecule has 0 bridgehead atoms. The van der Waals surface area contributed by atoms with Gasteiger partial charge in [-0.05, 0) is 49.7 Å². The molecule has 4 rings (SSSR count). The van der Waals surface area contributed by atoms with Crippen molar-refractivity contribution in [3.63, 3.8) is 0 Å². The second-order valence-corrected chi connectivity index (χ2v) is 10.9. The van der Waals surface area contributed by atoms with Gasteiger partial charge in [-0.15, -0.1) is 0 Å². The highest BCUT2D eigenvalue weighted by Gasteiger charge is 2.37. The third-order valence-electron chi connectivity index (χ3n) is 7.73. The number of hydrogen-bond acceptors (Lipinski definition) is 8. The summed E-state index contributed by atoms with van der Waals surface area (Å²) in [7, 11) is 2.42. The van der Waals surface area contributed by atoms with Gasteiger partial charge in [0.2, 0.25) is 5.91 Å². The molecule has 1 amide bonds. The third-order valence-corrected chi connectivity index (χ3v) is 7.73. The lowest BCUT2D eigenvalue weighted by Crippen LogP contribution is -2.34. The van der Waals surface area contributed by atoms with Crippen molar-refractivity contribution in [1.29, 1.82) is 0 Å². The number of nitrogens with zero attached hydrogens (tertiary/aromatic N) is 2. The third kappa shape index (κ3) is 9.63. The number of carbonyl (C=O) groups is 2. The predicted octanol–water partition coefficient (Wildman–Crippen LogP) is 5.53. The number of ether oxygens (including phenoxy) is 1. The number of nitrogens with two attached hydrogens (primary N) is 1. The van der Waals surface area contributed by atoms with Crippen LogP contribution in [-0.4, -0.2) is 66.5 Å². The van der Waals surface area contributed by atoms with Crippen LogP contribution in [0.2, 0.25) is 0 Å². The number of hydrogen-bond donors (Lipinski definition) is 4. The van der Waals surface area contributed by atoms with E-state index in [2.05, 4.69) is 33.0 Å². The van der Waals surface area contributed by atoms with Gasteiger partial charge in [0.25, 0.3) is 6.47 Å². The van der Waals surface area contributed by atoms with Crippen LogP contribution in [0.15, 0.2) is 23.0 Å². The maximum Gasteiger partial charge on any atom is 0.293 e. The van der Waals surface area contributed by atoms with Crippen molar-refractivity contribution < 1.29 is 28.9 Å². The van der Waals surface area contributed by atoms with E-state index < -0.39 is 6.61 Å². The van der Waals surface area contributed by atoms with E-state index >= 15 is 0 Å². The number of aryl methyl sites for hydroxylation is 1. The quantitative estimate of drug-likeness (QED) is 0.213. The molecule has 0 saturated heterocycles. The summed E-state index contributed by atoms with van der Waals surface area (Å²) in [5.74, 6) is 0.670. The molecule has 1 aromatic heterocycles. The molecule has 0 radical (unpaired) electrons. The number of halogens is 1. The topological polar surface area (TPSA) is 138 Å². The Morgan fingerprint density at radius 1 is 1.26 bits per heavy atom. The molecule has 1 aliphatic heterocycles. The smallest absolute Gasteiger partial charge is 0.293 e. The molecule has 0 spiro atoms. The Morgan fingerprint density at radius 2 is 1.91 bits per heavy atom. The number of aromatic nitrogens is 1. The highest BCUT2D eigenvalue weighted by atomic mass is 19.1. The Kier molecular flexibility index (Phi) is 16.8. The zero-order valence-corrected chi connectivity index (χ0v) is 27.3. The SMILES string of the molecule is CC.CC1=C2CCC(NC(=O)CCN)c3c4c(nc(c32)CC1)/C(=C/C(O)=C(CO)COC=O)N(C)C4.CCC(C)C.CF.